The SMILES string of the molecule is Cc1cncnc1N1CCN(Cc2ccc(F)c(F)c2)CC1. The van der Waals surface area contributed by atoms with Gasteiger partial charge in [0.05, 0.1) is 0 Å². The summed E-state index contributed by atoms with van der Waals surface area (Å²) in [5.41, 5.74) is 1.86. The van der Waals surface area contributed by atoms with Crippen molar-refractivity contribution in [2.45, 2.75) is 13.5 Å². The van der Waals surface area contributed by atoms with Crippen molar-refractivity contribution >= 4 is 5.82 Å². The van der Waals surface area contributed by atoms with Gasteiger partial charge in [0.25, 0.3) is 0 Å². The Morgan fingerprint density at radius 2 is 1.86 bits per heavy atom. The monoisotopic (exact) mass is 304 g/mol. The van der Waals surface area contributed by atoms with Gasteiger partial charge in [-0.15, -0.1) is 0 Å². The second-order valence-corrected chi connectivity index (χ2v) is 5.54. The molecular formula is C16H18F2N4. The van der Waals surface area contributed by atoms with Crippen LogP contribution >= 0.6 is 0 Å². The third kappa shape index (κ3) is 3.22. The molecule has 0 aliphatic carbocycles. The summed E-state index contributed by atoms with van der Waals surface area (Å²) in [6.45, 7) is 6.09. The first-order valence-corrected chi connectivity index (χ1v) is 7.31. The van der Waals surface area contributed by atoms with E-state index in [-0.39, 0.29) is 0 Å². The Balaban J connectivity index is 1.60. The summed E-state index contributed by atoms with van der Waals surface area (Å²) in [4.78, 5) is 12.8. The molecule has 0 atom stereocenters. The minimum Gasteiger partial charge on any atom is -0.354 e. The van der Waals surface area contributed by atoms with E-state index in [1.54, 1.807) is 12.4 Å². The van der Waals surface area contributed by atoms with Gasteiger partial charge in [0.15, 0.2) is 11.6 Å². The van der Waals surface area contributed by atoms with Gasteiger partial charge in [0, 0.05) is 44.5 Å². The molecule has 1 aromatic carbocycles. The molecule has 6 heteroatoms. The highest BCUT2D eigenvalue weighted by molar-refractivity contribution is 5.44. The standard InChI is InChI=1S/C16H18F2N4/c1-12-9-19-11-20-16(12)22-6-4-21(5-7-22)10-13-2-3-14(17)15(18)8-13/h2-3,8-9,11H,4-7,10H2,1H3. The van der Waals surface area contributed by atoms with Crippen molar-refractivity contribution in [2.24, 2.45) is 0 Å². The number of nitrogens with zero attached hydrogens (tertiary/aromatic N) is 4. The quantitative estimate of drug-likeness (QED) is 0.871. The zero-order valence-corrected chi connectivity index (χ0v) is 12.5. The molecule has 22 heavy (non-hydrogen) atoms. The molecule has 0 unspecified atom stereocenters. The average molecular weight is 304 g/mol. The van der Waals surface area contributed by atoms with Crippen LogP contribution in [0, 0.1) is 18.6 Å². The van der Waals surface area contributed by atoms with Crippen LogP contribution in [0.3, 0.4) is 0 Å². The molecule has 4 nitrogen and oxygen atoms in total. The lowest BCUT2D eigenvalue weighted by Gasteiger charge is -2.35. The van der Waals surface area contributed by atoms with Gasteiger partial charge in [-0.2, -0.15) is 0 Å². The van der Waals surface area contributed by atoms with Crippen LogP contribution in [0.2, 0.25) is 0 Å². The predicted molar refractivity (Wildman–Crippen MR) is 80.6 cm³/mol. The van der Waals surface area contributed by atoms with E-state index in [0.29, 0.717) is 6.54 Å². The molecule has 1 fully saturated rings. The van der Waals surface area contributed by atoms with Gasteiger partial charge < -0.3 is 4.90 Å². The highest BCUT2D eigenvalue weighted by Gasteiger charge is 2.19. The molecule has 3 rings (SSSR count). The largest absolute Gasteiger partial charge is 0.354 e. The van der Waals surface area contributed by atoms with Crippen molar-refractivity contribution in [3.8, 4) is 0 Å². The highest BCUT2D eigenvalue weighted by Crippen LogP contribution is 2.18. The number of piperazine rings is 1. The Morgan fingerprint density at radius 1 is 1.09 bits per heavy atom. The fourth-order valence-corrected chi connectivity index (χ4v) is 2.74. The van der Waals surface area contributed by atoms with Crippen molar-refractivity contribution in [3.63, 3.8) is 0 Å². The minimum absolute atomic E-state index is 0.633. The van der Waals surface area contributed by atoms with Crippen LogP contribution in [-0.2, 0) is 6.54 Å². The van der Waals surface area contributed by atoms with Crippen molar-refractivity contribution in [3.05, 3.63) is 53.5 Å². The summed E-state index contributed by atoms with van der Waals surface area (Å²) in [5, 5.41) is 0. The van der Waals surface area contributed by atoms with Crippen molar-refractivity contribution < 1.29 is 8.78 Å². The summed E-state index contributed by atoms with van der Waals surface area (Å²) >= 11 is 0. The third-order valence-corrected chi connectivity index (χ3v) is 3.93. The maximum atomic E-state index is 13.2. The molecule has 1 saturated heterocycles. The van der Waals surface area contributed by atoms with E-state index in [4.69, 9.17) is 0 Å². The maximum Gasteiger partial charge on any atom is 0.159 e. The lowest BCUT2D eigenvalue weighted by atomic mass is 10.2. The Morgan fingerprint density at radius 3 is 2.55 bits per heavy atom. The molecule has 1 aromatic heterocycles. The molecule has 1 aliphatic heterocycles. The van der Waals surface area contributed by atoms with Gasteiger partial charge in [-0.1, -0.05) is 6.07 Å². The lowest BCUT2D eigenvalue weighted by molar-refractivity contribution is 0.248. The number of anilines is 1. The Labute approximate surface area is 128 Å². The first kappa shape index (κ1) is 14.8. The number of aromatic nitrogens is 2. The average Bonchev–Trinajstić information content (AvgIpc) is 2.52. The van der Waals surface area contributed by atoms with Gasteiger partial charge in [0.2, 0.25) is 0 Å². The summed E-state index contributed by atoms with van der Waals surface area (Å²) < 4.78 is 26.2. The predicted octanol–water partition coefficient (Wildman–Crippen LogP) is 2.39. The Hall–Kier alpha value is -2.08. The van der Waals surface area contributed by atoms with Crippen molar-refractivity contribution in [2.75, 3.05) is 31.1 Å². The van der Waals surface area contributed by atoms with Crippen LogP contribution in [0.4, 0.5) is 14.6 Å². The fraction of sp³-hybridized carbons (Fsp3) is 0.375. The molecular weight excluding hydrogens is 286 g/mol. The normalized spacial score (nSPS) is 16.0. The molecule has 0 bridgehead atoms. The van der Waals surface area contributed by atoms with E-state index in [9.17, 15) is 8.78 Å². The molecule has 0 amide bonds. The second-order valence-electron chi connectivity index (χ2n) is 5.54. The van der Waals surface area contributed by atoms with Crippen LogP contribution in [-0.4, -0.2) is 41.0 Å². The lowest BCUT2D eigenvalue weighted by Crippen LogP contribution is -2.46. The summed E-state index contributed by atoms with van der Waals surface area (Å²) in [6, 6.07) is 4.10. The Kier molecular flexibility index (Phi) is 4.29. The summed E-state index contributed by atoms with van der Waals surface area (Å²) in [7, 11) is 0. The van der Waals surface area contributed by atoms with Crippen LogP contribution in [0.5, 0.6) is 0 Å². The molecule has 116 valence electrons. The topological polar surface area (TPSA) is 32.3 Å². The molecule has 0 saturated carbocycles. The first-order chi connectivity index (χ1) is 10.6. The van der Waals surface area contributed by atoms with Gasteiger partial charge >= 0.3 is 0 Å². The van der Waals surface area contributed by atoms with Crippen LogP contribution in [0.25, 0.3) is 0 Å². The molecule has 0 spiro atoms. The number of halogens is 2. The first-order valence-electron chi connectivity index (χ1n) is 7.31. The molecule has 0 radical (unpaired) electrons. The molecule has 2 heterocycles. The highest BCUT2D eigenvalue weighted by atomic mass is 19.2. The smallest absolute Gasteiger partial charge is 0.159 e. The van der Waals surface area contributed by atoms with Crippen molar-refractivity contribution in [1.82, 2.24) is 14.9 Å². The van der Waals surface area contributed by atoms with E-state index in [1.165, 1.54) is 12.1 Å². The number of aryl methyl sites for hydroxylation is 1. The summed E-state index contributed by atoms with van der Waals surface area (Å²) in [6.07, 6.45) is 3.38. The number of hydrogen-bond donors (Lipinski definition) is 0. The van der Waals surface area contributed by atoms with E-state index in [2.05, 4.69) is 19.8 Å². The van der Waals surface area contributed by atoms with Gasteiger partial charge in [-0.05, 0) is 24.6 Å². The van der Waals surface area contributed by atoms with Crippen LogP contribution in [0.15, 0.2) is 30.7 Å². The van der Waals surface area contributed by atoms with E-state index in [1.807, 2.05) is 13.1 Å². The number of rotatable bonds is 3. The van der Waals surface area contributed by atoms with Gasteiger partial charge in [0.1, 0.15) is 12.1 Å². The molecule has 1 aliphatic rings. The zero-order valence-electron chi connectivity index (χ0n) is 12.5. The number of hydrogen-bond acceptors (Lipinski definition) is 4. The van der Waals surface area contributed by atoms with Crippen LogP contribution in [0.1, 0.15) is 11.1 Å². The molecule has 2 aromatic rings. The van der Waals surface area contributed by atoms with Crippen LogP contribution < -0.4 is 4.90 Å². The number of benzene rings is 1. The van der Waals surface area contributed by atoms with Gasteiger partial charge in [-0.3, -0.25) is 4.90 Å². The minimum atomic E-state index is -0.798. The van der Waals surface area contributed by atoms with E-state index < -0.39 is 11.6 Å². The maximum absolute atomic E-state index is 13.2. The van der Waals surface area contributed by atoms with Gasteiger partial charge in [-0.25, -0.2) is 18.7 Å². The fourth-order valence-electron chi connectivity index (χ4n) is 2.74. The zero-order chi connectivity index (χ0) is 15.5. The Bertz CT molecular complexity index is 654. The third-order valence-electron chi connectivity index (χ3n) is 3.93. The molecule has 0 N–H and O–H groups in total. The second kappa shape index (κ2) is 6.36. The van der Waals surface area contributed by atoms with E-state index in [0.717, 1.165) is 43.1 Å². The van der Waals surface area contributed by atoms with Crippen molar-refractivity contribution in [1.29, 1.82) is 0 Å². The van der Waals surface area contributed by atoms with E-state index >= 15 is 0 Å². The summed E-state index contributed by atoms with van der Waals surface area (Å²) in [5.74, 6) is -0.608.